The molecule has 4 nitrogen and oxygen atoms in total. The number of carbonyl (C=O) groups is 1. The molecule has 0 saturated heterocycles. The van der Waals surface area contributed by atoms with Crippen molar-refractivity contribution in [2.24, 2.45) is 11.8 Å². The molecule has 2 N–H and O–H groups in total. The van der Waals surface area contributed by atoms with E-state index in [-0.39, 0.29) is 11.8 Å². The van der Waals surface area contributed by atoms with Gasteiger partial charge < -0.3 is 10.6 Å². The number of anilines is 1. The SMILES string of the molecule is O=C(Nc1ccncc1)[C@H]1CC[C@H](CNCc2ccccc2)CC1. The van der Waals surface area contributed by atoms with Crippen LogP contribution < -0.4 is 10.6 Å². The van der Waals surface area contributed by atoms with E-state index in [4.69, 9.17) is 0 Å². The monoisotopic (exact) mass is 323 g/mol. The second-order valence-electron chi connectivity index (χ2n) is 6.56. The molecule has 1 saturated carbocycles. The van der Waals surface area contributed by atoms with Crippen LogP contribution in [0.25, 0.3) is 0 Å². The molecule has 1 aromatic heterocycles. The highest BCUT2D eigenvalue weighted by Gasteiger charge is 2.26. The molecule has 3 rings (SSSR count). The number of hydrogen-bond acceptors (Lipinski definition) is 3. The fraction of sp³-hybridized carbons (Fsp3) is 0.400. The average molecular weight is 323 g/mol. The number of pyridine rings is 1. The summed E-state index contributed by atoms with van der Waals surface area (Å²) in [6.45, 7) is 1.96. The van der Waals surface area contributed by atoms with Gasteiger partial charge in [0.2, 0.25) is 5.91 Å². The van der Waals surface area contributed by atoms with E-state index in [1.165, 1.54) is 5.56 Å². The first-order valence-corrected chi connectivity index (χ1v) is 8.77. The fourth-order valence-corrected chi connectivity index (χ4v) is 3.32. The molecule has 1 fully saturated rings. The number of amides is 1. The molecular weight excluding hydrogens is 298 g/mol. The topological polar surface area (TPSA) is 54.0 Å². The molecule has 0 unspecified atom stereocenters. The van der Waals surface area contributed by atoms with Gasteiger partial charge >= 0.3 is 0 Å². The average Bonchev–Trinajstić information content (AvgIpc) is 2.64. The van der Waals surface area contributed by atoms with Crippen molar-refractivity contribution in [1.29, 1.82) is 0 Å². The summed E-state index contributed by atoms with van der Waals surface area (Å²) in [6.07, 6.45) is 7.60. The standard InChI is InChI=1S/C20H25N3O/c24-20(23-19-10-12-21-13-11-19)18-8-6-17(7-9-18)15-22-14-16-4-2-1-3-5-16/h1-5,10-13,17-18,22H,6-9,14-15H2,(H,21,23,24)/t17-,18-. The summed E-state index contributed by atoms with van der Waals surface area (Å²) in [6, 6.07) is 14.1. The van der Waals surface area contributed by atoms with Crippen molar-refractivity contribution in [2.45, 2.75) is 32.2 Å². The van der Waals surface area contributed by atoms with E-state index >= 15 is 0 Å². The number of benzene rings is 1. The van der Waals surface area contributed by atoms with Crippen molar-refractivity contribution in [2.75, 3.05) is 11.9 Å². The molecule has 1 amide bonds. The Morgan fingerprint density at radius 3 is 2.42 bits per heavy atom. The first-order valence-electron chi connectivity index (χ1n) is 8.77. The van der Waals surface area contributed by atoms with Crippen LogP contribution in [0.4, 0.5) is 5.69 Å². The van der Waals surface area contributed by atoms with Crippen molar-refractivity contribution in [3.63, 3.8) is 0 Å². The van der Waals surface area contributed by atoms with Crippen LogP contribution in [-0.2, 0) is 11.3 Å². The second-order valence-corrected chi connectivity index (χ2v) is 6.56. The van der Waals surface area contributed by atoms with E-state index in [0.29, 0.717) is 5.92 Å². The van der Waals surface area contributed by atoms with Crippen LogP contribution in [0.3, 0.4) is 0 Å². The predicted molar refractivity (Wildman–Crippen MR) is 96.5 cm³/mol. The first-order chi connectivity index (χ1) is 11.8. The summed E-state index contributed by atoms with van der Waals surface area (Å²) < 4.78 is 0. The molecule has 1 aliphatic carbocycles. The van der Waals surface area contributed by atoms with Gasteiger partial charge in [-0.2, -0.15) is 0 Å². The molecule has 126 valence electrons. The van der Waals surface area contributed by atoms with E-state index in [1.54, 1.807) is 12.4 Å². The van der Waals surface area contributed by atoms with E-state index in [0.717, 1.165) is 44.5 Å². The maximum atomic E-state index is 12.3. The highest BCUT2D eigenvalue weighted by molar-refractivity contribution is 5.92. The van der Waals surface area contributed by atoms with Crippen LogP contribution in [0.2, 0.25) is 0 Å². The minimum atomic E-state index is 0.142. The highest BCUT2D eigenvalue weighted by Crippen LogP contribution is 2.29. The zero-order valence-corrected chi connectivity index (χ0v) is 13.9. The number of hydrogen-bond donors (Lipinski definition) is 2. The third-order valence-electron chi connectivity index (χ3n) is 4.77. The number of aromatic nitrogens is 1. The van der Waals surface area contributed by atoms with Gasteiger partial charge in [0.15, 0.2) is 0 Å². The number of nitrogens with zero attached hydrogens (tertiary/aromatic N) is 1. The summed E-state index contributed by atoms with van der Waals surface area (Å²) in [4.78, 5) is 16.3. The summed E-state index contributed by atoms with van der Waals surface area (Å²) in [5, 5.41) is 6.54. The number of nitrogens with one attached hydrogen (secondary N) is 2. The van der Waals surface area contributed by atoms with Gasteiger partial charge in [-0.25, -0.2) is 0 Å². The lowest BCUT2D eigenvalue weighted by atomic mass is 9.81. The molecule has 0 atom stereocenters. The number of rotatable bonds is 6. The van der Waals surface area contributed by atoms with Gasteiger partial charge in [-0.05, 0) is 55.8 Å². The van der Waals surface area contributed by atoms with Gasteiger partial charge in [0.05, 0.1) is 0 Å². The summed E-state index contributed by atoms with van der Waals surface area (Å²) in [7, 11) is 0. The van der Waals surface area contributed by atoms with Gasteiger partial charge in [0.1, 0.15) is 0 Å². The predicted octanol–water partition coefficient (Wildman–Crippen LogP) is 3.62. The van der Waals surface area contributed by atoms with E-state index in [9.17, 15) is 4.79 Å². The molecular formula is C20H25N3O. The number of carbonyl (C=O) groups excluding carboxylic acids is 1. The fourth-order valence-electron chi connectivity index (χ4n) is 3.32. The quantitative estimate of drug-likeness (QED) is 0.854. The van der Waals surface area contributed by atoms with Crippen LogP contribution in [-0.4, -0.2) is 17.4 Å². The molecule has 0 bridgehead atoms. The minimum absolute atomic E-state index is 0.142. The molecule has 0 spiro atoms. The van der Waals surface area contributed by atoms with Gasteiger partial charge in [0.25, 0.3) is 0 Å². The lowest BCUT2D eigenvalue weighted by Crippen LogP contribution is -2.31. The minimum Gasteiger partial charge on any atom is -0.326 e. The molecule has 4 heteroatoms. The molecule has 1 aliphatic rings. The third-order valence-corrected chi connectivity index (χ3v) is 4.77. The Bertz CT molecular complexity index is 622. The Morgan fingerprint density at radius 1 is 1.00 bits per heavy atom. The third kappa shape index (κ3) is 4.90. The summed E-state index contributed by atoms with van der Waals surface area (Å²) in [5.41, 5.74) is 2.16. The Morgan fingerprint density at radius 2 is 1.71 bits per heavy atom. The molecule has 1 aromatic carbocycles. The molecule has 1 heterocycles. The zero-order chi connectivity index (χ0) is 16.6. The largest absolute Gasteiger partial charge is 0.326 e. The van der Waals surface area contributed by atoms with E-state index < -0.39 is 0 Å². The summed E-state index contributed by atoms with van der Waals surface area (Å²) >= 11 is 0. The van der Waals surface area contributed by atoms with Crippen molar-refractivity contribution in [1.82, 2.24) is 10.3 Å². The summed E-state index contributed by atoms with van der Waals surface area (Å²) in [5.74, 6) is 0.971. The van der Waals surface area contributed by atoms with Gasteiger partial charge in [-0.15, -0.1) is 0 Å². The van der Waals surface area contributed by atoms with Crippen LogP contribution >= 0.6 is 0 Å². The van der Waals surface area contributed by atoms with Crippen LogP contribution in [0.5, 0.6) is 0 Å². The Labute approximate surface area is 143 Å². The van der Waals surface area contributed by atoms with E-state index in [1.807, 2.05) is 18.2 Å². The van der Waals surface area contributed by atoms with Crippen LogP contribution in [0.1, 0.15) is 31.2 Å². The molecule has 0 aliphatic heterocycles. The van der Waals surface area contributed by atoms with Crippen molar-refractivity contribution >= 4 is 11.6 Å². The smallest absolute Gasteiger partial charge is 0.227 e. The highest BCUT2D eigenvalue weighted by atomic mass is 16.1. The lowest BCUT2D eigenvalue weighted by molar-refractivity contribution is -0.121. The maximum Gasteiger partial charge on any atom is 0.227 e. The Balaban J connectivity index is 1.37. The zero-order valence-electron chi connectivity index (χ0n) is 13.9. The van der Waals surface area contributed by atoms with Crippen LogP contribution in [0, 0.1) is 11.8 Å². The normalized spacial score (nSPS) is 20.5. The van der Waals surface area contributed by atoms with Gasteiger partial charge in [-0.3, -0.25) is 9.78 Å². The first kappa shape index (κ1) is 16.7. The van der Waals surface area contributed by atoms with Gasteiger partial charge in [0, 0.05) is 30.5 Å². The van der Waals surface area contributed by atoms with E-state index in [2.05, 4.69) is 39.9 Å². The molecule has 24 heavy (non-hydrogen) atoms. The lowest BCUT2D eigenvalue weighted by Gasteiger charge is -2.28. The maximum absolute atomic E-state index is 12.3. The van der Waals surface area contributed by atoms with Crippen LogP contribution in [0.15, 0.2) is 54.9 Å². The van der Waals surface area contributed by atoms with Crippen molar-refractivity contribution in [3.05, 3.63) is 60.4 Å². The molecule has 0 radical (unpaired) electrons. The Hall–Kier alpha value is -2.20. The van der Waals surface area contributed by atoms with Crippen molar-refractivity contribution < 1.29 is 4.79 Å². The Kier molecular flexibility index (Phi) is 5.96. The van der Waals surface area contributed by atoms with Crippen molar-refractivity contribution in [3.8, 4) is 0 Å². The van der Waals surface area contributed by atoms with Gasteiger partial charge in [-0.1, -0.05) is 30.3 Å². The second kappa shape index (κ2) is 8.60. The molecule has 2 aromatic rings.